The Morgan fingerprint density at radius 1 is 1.42 bits per heavy atom. The van der Waals surface area contributed by atoms with E-state index in [9.17, 15) is 0 Å². The van der Waals surface area contributed by atoms with E-state index in [1.165, 1.54) is 22.4 Å². The molecule has 0 saturated carbocycles. The predicted molar refractivity (Wildman–Crippen MR) is 50.6 cm³/mol. The van der Waals surface area contributed by atoms with Gasteiger partial charge in [-0.05, 0) is 43.5 Å². The summed E-state index contributed by atoms with van der Waals surface area (Å²) in [7, 11) is 0. The molecule has 1 radical (unpaired) electrons. The first-order chi connectivity index (χ1) is 5.79. The lowest BCUT2D eigenvalue weighted by Gasteiger charge is -2.02. The van der Waals surface area contributed by atoms with Crippen molar-refractivity contribution >= 4 is 5.57 Å². The summed E-state index contributed by atoms with van der Waals surface area (Å²) in [6.07, 6.45) is 8.48. The quantitative estimate of drug-likeness (QED) is 0.646. The third kappa shape index (κ3) is 1.02. The first-order valence-corrected chi connectivity index (χ1v) is 4.21. The topological polar surface area (TPSA) is 15.8 Å². The van der Waals surface area contributed by atoms with Crippen molar-refractivity contribution in [2.75, 3.05) is 0 Å². The Bertz CT molecular complexity index is 353. The molecule has 1 aliphatic carbocycles. The van der Waals surface area contributed by atoms with Gasteiger partial charge in [0.05, 0.1) is 0 Å². The van der Waals surface area contributed by atoms with Gasteiger partial charge in [-0.1, -0.05) is 6.08 Å². The number of hydrogen-bond acceptors (Lipinski definition) is 0. The number of hydrogen-bond donors (Lipinski definition) is 1. The molecule has 0 aliphatic heterocycles. The van der Waals surface area contributed by atoms with Crippen LogP contribution in [-0.4, -0.2) is 4.98 Å². The highest BCUT2D eigenvalue weighted by molar-refractivity contribution is 5.78. The maximum Gasteiger partial charge on any atom is 0.0489 e. The Labute approximate surface area is 72.8 Å². The average molecular weight is 158 g/mol. The normalized spacial score (nSPS) is 16.2. The van der Waals surface area contributed by atoms with E-state index in [1.54, 1.807) is 0 Å². The molecular weight excluding hydrogens is 146 g/mol. The van der Waals surface area contributed by atoms with Gasteiger partial charge in [-0.25, -0.2) is 0 Å². The smallest absolute Gasteiger partial charge is 0.0489 e. The lowest BCUT2D eigenvalue weighted by molar-refractivity contribution is 1.30. The van der Waals surface area contributed by atoms with Gasteiger partial charge in [0.25, 0.3) is 0 Å². The molecule has 0 atom stereocenters. The van der Waals surface area contributed by atoms with Crippen LogP contribution in [0.15, 0.2) is 23.9 Å². The highest BCUT2D eigenvalue weighted by atomic mass is 14.7. The predicted octanol–water partition coefficient (Wildman–Crippen LogP) is 2.86. The summed E-state index contributed by atoms with van der Waals surface area (Å²) in [5.41, 5.74) is 5.10. The van der Waals surface area contributed by atoms with Crippen LogP contribution in [-0.2, 0) is 0 Å². The van der Waals surface area contributed by atoms with Crippen molar-refractivity contribution in [3.05, 3.63) is 41.2 Å². The summed E-state index contributed by atoms with van der Waals surface area (Å²) < 4.78 is 0. The standard InChI is InChI=1S/C11H12N/c1-8-4-3-5-10(8)11-9(2)6-7-12-11/h4,6-7,12H,3H2,1-2H3. The zero-order valence-electron chi connectivity index (χ0n) is 7.44. The van der Waals surface area contributed by atoms with Gasteiger partial charge in [0.1, 0.15) is 0 Å². The summed E-state index contributed by atoms with van der Waals surface area (Å²) >= 11 is 0. The summed E-state index contributed by atoms with van der Waals surface area (Å²) in [4.78, 5) is 3.24. The molecule has 0 saturated heterocycles. The molecule has 0 spiro atoms. The molecule has 0 unspecified atom stereocenters. The number of rotatable bonds is 1. The molecule has 0 bridgehead atoms. The van der Waals surface area contributed by atoms with Gasteiger partial charge >= 0.3 is 0 Å². The minimum absolute atomic E-state index is 0.958. The van der Waals surface area contributed by atoms with Crippen LogP contribution in [0.1, 0.15) is 24.6 Å². The molecule has 12 heavy (non-hydrogen) atoms. The van der Waals surface area contributed by atoms with E-state index in [2.05, 4.69) is 37.0 Å². The molecular formula is C11H12N. The largest absolute Gasteiger partial charge is 0.361 e. The fourth-order valence-corrected chi connectivity index (χ4v) is 1.55. The molecule has 61 valence electrons. The number of allylic oxidation sites excluding steroid dienone is 4. The summed E-state index contributed by atoms with van der Waals surface area (Å²) in [5, 5.41) is 0. The van der Waals surface area contributed by atoms with Crippen LogP contribution < -0.4 is 0 Å². The molecule has 1 nitrogen and oxygen atoms in total. The fourth-order valence-electron chi connectivity index (χ4n) is 1.55. The highest BCUT2D eigenvalue weighted by Crippen LogP contribution is 2.28. The average Bonchev–Trinajstić information content (AvgIpc) is 2.59. The molecule has 1 aliphatic rings. The fraction of sp³-hybridized carbons (Fsp3) is 0.273. The Morgan fingerprint density at radius 3 is 2.75 bits per heavy atom. The highest BCUT2D eigenvalue weighted by Gasteiger charge is 2.10. The van der Waals surface area contributed by atoms with E-state index in [-0.39, 0.29) is 0 Å². The second-order valence-corrected chi connectivity index (χ2v) is 3.18. The Kier molecular flexibility index (Phi) is 1.65. The zero-order valence-corrected chi connectivity index (χ0v) is 7.44. The Hall–Kier alpha value is -1.24. The van der Waals surface area contributed by atoms with Gasteiger partial charge in [-0.2, -0.15) is 0 Å². The Balaban J connectivity index is 2.44. The van der Waals surface area contributed by atoms with E-state index in [0.717, 1.165) is 6.42 Å². The van der Waals surface area contributed by atoms with E-state index in [1.807, 2.05) is 6.20 Å². The van der Waals surface area contributed by atoms with Gasteiger partial charge in [0.15, 0.2) is 0 Å². The molecule has 1 heteroatoms. The van der Waals surface area contributed by atoms with Crippen LogP contribution in [0.2, 0.25) is 0 Å². The first-order valence-electron chi connectivity index (χ1n) is 4.21. The van der Waals surface area contributed by atoms with Crippen molar-refractivity contribution in [3.8, 4) is 0 Å². The van der Waals surface area contributed by atoms with Gasteiger partial charge in [-0.3, -0.25) is 0 Å². The van der Waals surface area contributed by atoms with Crippen molar-refractivity contribution in [3.63, 3.8) is 0 Å². The van der Waals surface area contributed by atoms with Gasteiger partial charge in [0.2, 0.25) is 0 Å². The minimum atomic E-state index is 0.958. The molecule has 1 heterocycles. The summed E-state index contributed by atoms with van der Waals surface area (Å²) in [6, 6.07) is 2.09. The molecule has 1 aromatic heterocycles. The number of nitrogens with one attached hydrogen (secondary N) is 1. The van der Waals surface area contributed by atoms with Crippen molar-refractivity contribution in [2.24, 2.45) is 0 Å². The van der Waals surface area contributed by atoms with Crippen molar-refractivity contribution in [1.29, 1.82) is 0 Å². The number of aromatic nitrogens is 1. The molecule has 1 N–H and O–H groups in total. The van der Waals surface area contributed by atoms with Crippen LogP contribution in [0, 0.1) is 13.0 Å². The first kappa shape index (κ1) is 7.41. The lowest BCUT2D eigenvalue weighted by atomic mass is 10.1. The molecule has 1 aromatic rings. The van der Waals surface area contributed by atoms with Gasteiger partial charge in [-0.15, -0.1) is 0 Å². The Morgan fingerprint density at radius 2 is 2.25 bits per heavy atom. The maximum absolute atomic E-state index is 3.34. The number of H-pyrrole nitrogens is 1. The zero-order chi connectivity index (χ0) is 8.55. The third-order valence-electron chi connectivity index (χ3n) is 2.29. The van der Waals surface area contributed by atoms with Crippen molar-refractivity contribution in [2.45, 2.75) is 20.3 Å². The molecule has 0 amide bonds. The van der Waals surface area contributed by atoms with E-state index in [0.29, 0.717) is 0 Å². The SMILES string of the molecule is CC1=CC[C]=C1c1[nH]ccc1C. The number of aryl methyl sites for hydroxylation is 1. The van der Waals surface area contributed by atoms with Crippen LogP contribution in [0.4, 0.5) is 0 Å². The summed E-state index contributed by atoms with van der Waals surface area (Å²) in [5.74, 6) is 0. The van der Waals surface area contributed by atoms with E-state index >= 15 is 0 Å². The van der Waals surface area contributed by atoms with E-state index in [4.69, 9.17) is 0 Å². The van der Waals surface area contributed by atoms with Gasteiger partial charge in [0, 0.05) is 17.5 Å². The van der Waals surface area contributed by atoms with Crippen LogP contribution in [0.25, 0.3) is 5.57 Å². The molecule has 2 rings (SSSR count). The van der Waals surface area contributed by atoms with Crippen molar-refractivity contribution < 1.29 is 0 Å². The van der Waals surface area contributed by atoms with Crippen LogP contribution >= 0.6 is 0 Å². The van der Waals surface area contributed by atoms with Crippen molar-refractivity contribution in [1.82, 2.24) is 4.98 Å². The minimum Gasteiger partial charge on any atom is -0.361 e. The molecule has 0 fully saturated rings. The summed E-state index contributed by atoms with van der Waals surface area (Å²) in [6.45, 7) is 4.25. The maximum atomic E-state index is 3.34. The van der Waals surface area contributed by atoms with Gasteiger partial charge < -0.3 is 4.98 Å². The van der Waals surface area contributed by atoms with Crippen LogP contribution in [0.3, 0.4) is 0 Å². The molecule has 0 aromatic carbocycles. The lowest BCUT2D eigenvalue weighted by Crippen LogP contribution is -1.86. The van der Waals surface area contributed by atoms with Crippen LogP contribution in [0.5, 0.6) is 0 Å². The monoisotopic (exact) mass is 158 g/mol. The number of aromatic amines is 1. The second kappa shape index (κ2) is 2.67. The second-order valence-electron chi connectivity index (χ2n) is 3.18. The third-order valence-corrected chi connectivity index (χ3v) is 2.29. The van der Waals surface area contributed by atoms with E-state index < -0.39 is 0 Å².